The summed E-state index contributed by atoms with van der Waals surface area (Å²) < 4.78 is 0. The zero-order valence-corrected chi connectivity index (χ0v) is 12.2. The molecule has 6 heteroatoms. The fourth-order valence-corrected chi connectivity index (χ4v) is 3.45. The predicted octanol–water partition coefficient (Wildman–Crippen LogP) is 1.13. The predicted molar refractivity (Wildman–Crippen MR) is 75.2 cm³/mol. The molecule has 2 fully saturated rings. The molecule has 1 saturated heterocycles. The molecule has 6 nitrogen and oxygen atoms in total. The average Bonchev–Trinajstić information content (AvgIpc) is 3.05. The summed E-state index contributed by atoms with van der Waals surface area (Å²) in [5, 5.41) is 6.91. The summed E-state index contributed by atoms with van der Waals surface area (Å²) in [6.45, 7) is 5.62. The lowest BCUT2D eigenvalue weighted by Gasteiger charge is -2.29. The molecule has 0 radical (unpaired) electrons. The first-order valence-corrected chi connectivity index (χ1v) is 7.53. The van der Waals surface area contributed by atoms with Gasteiger partial charge in [-0.25, -0.2) is 4.98 Å². The van der Waals surface area contributed by atoms with Gasteiger partial charge in [-0.2, -0.15) is 0 Å². The highest BCUT2D eigenvalue weighted by Gasteiger charge is 2.41. The number of hydrogen-bond acceptors (Lipinski definition) is 4. The van der Waals surface area contributed by atoms with Crippen molar-refractivity contribution in [3.8, 4) is 0 Å². The van der Waals surface area contributed by atoms with E-state index < -0.39 is 0 Å². The lowest BCUT2D eigenvalue weighted by atomic mass is 9.78. The van der Waals surface area contributed by atoms with Gasteiger partial charge in [0, 0.05) is 25.0 Å². The van der Waals surface area contributed by atoms with Crippen LogP contribution in [0.15, 0.2) is 0 Å². The minimum absolute atomic E-state index is 0.0604. The van der Waals surface area contributed by atoms with E-state index in [2.05, 4.69) is 15.2 Å². The monoisotopic (exact) mass is 277 g/mol. The second kappa shape index (κ2) is 5.16. The van der Waals surface area contributed by atoms with Crippen molar-refractivity contribution in [1.29, 1.82) is 0 Å². The Hall–Kier alpha value is -1.43. The van der Waals surface area contributed by atoms with Crippen molar-refractivity contribution >= 4 is 5.91 Å². The van der Waals surface area contributed by atoms with Crippen molar-refractivity contribution < 1.29 is 4.79 Å². The van der Waals surface area contributed by atoms with E-state index in [0.29, 0.717) is 17.7 Å². The number of amides is 1. The first-order valence-electron chi connectivity index (χ1n) is 7.53. The fraction of sp³-hybridized carbons (Fsp3) is 0.786. The molecule has 20 heavy (non-hydrogen) atoms. The van der Waals surface area contributed by atoms with Gasteiger partial charge in [0.1, 0.15) is 5.82 Å². The Labute approximate surface area is 119 Å². The highest BCUT2D eigenvalue weighted by atomic mass is 16.2. The maximum absolute atomic E-state index is 12.5. The van der Waals surface area contributed by atoms with E-state index in [4.69, 9.17) is 5.73 Å². The second-order valence-electron chi connectivity index (χ2n) is 6.43. The minimum atomic E-state index is -0.0604. The molecule has 3 unspecified atom stereocenters. The number of aromatic amines is 1. The Morgan fingerprint density at radius 2 is 2.20 bits per heavy atom. The maximum Gasteiger partial charge on any atom is 0.293 e. The minimum Gasteiger partial charge on any atom is -0.335 e. The van der Waals surface area contributed by atoms with Crippen LogP contribution in [0.2, 0.25) is 0 Å². The van der Waals surface area contributed by atoms with Crippen molar-refractivity contribution in [1.82, 2.24) is 20.1 Å². The standard InChI is InChI=1S/C14H23N5O/c1-8(2)12-16-13(18-17-12)14(20)19-6-9-4-3-5-11(15)10(9)7-19/h8-11H,3-7,15H2,1-2H3,(H,16,17,18). The van der Waals surface area contributed by atoms with Crippen molar-refractivity contribution in [2.24, 2.45) is 17.6 Å². The molecule has 3 atom stereocenters. The van der Waals surface area contributed by atoms with Gasteiger partial charge in [0.15, 0.2) is 0 Å². The van der Waals surface area contributed by atoms with E-state index in [1.165, 1.54) is 12.8 Å². The van der Waals surface area contributed by atoms with E-state index in [0.717, 1.165) is 25.3 Å². The molecule has 3 N–H and O–H groups in total. The van der Waals surface area contributed by atoms with Crippen molar-refractivity contribution in [2.75, 3.05) is 13.1 Å². The third-order valence-electron chi connectivity index (χ3n) is 4.68. The summed E-state index contributed by atoms with van der Waals surface area (Å²) in [7, 11) is 0. The summed E-state index contributed by atoms with van der Waals surface area (Å²) in [6.07, 6.45) is 3.46. The molecular formula is C14H23N5O. The first kappa shape index (κ1) is 13.5. The van der Waals surface area contributed by atoms with E-state index in [1.807, 2.05) is 18.7 Å². The maximum atomic E-state index is 12.5. The third kappa shape index (κ3) is 2.32. The number of fused-ring (bicyclic) bond motifs is 1. The van der Waals surface area contributed by atoms with Crippen molar-refractivity contribution in [2.45, 2.75) is 45.1 Å². The zero-order valence-electron chi connectivity index (χ0n) is 12.2. The van der Waals surface area contributed by atoms with Crippen LogP contribution in [0.1, 0.15) is 55.5 Å². The smallest absolute Gasteiger partial charge is 0.293 e. The molecule has 1 aliphatic carbocycles. The Kier molecular flexibility index (Phi) is 3.50. The Balaban J connectivity index is 1.71. The number of carbonyl (C=O) groups excluding carboxylic acids is 1. The molecule has 0 bridgehead atoms. The van der Waals surface area contributed by atoms with Gasteiger partial charge in [-0.3, -0.25) is 9.89 Å². The third-order valence-corrected chi connectivity index (χ3v) is 4.68. The molecule has 0 spiro atoms. The number of likely N-dealkylation sites (tertiary alicyclic amines) is 1. The number of hydrogen-bond donors (Lipinski definition) is 2. The number of H-pyrrole nitrogens is 1. The molecule has 1 amide bonds. The van der Waals surface area contributed by atoms with Gasteiger partial charge in [-0.05, 0) is 24.7 Å². The molecular weight excluding hydrogens is 254 g/mol. The molecule has 2 heterocycles. The van der Waals surface area contributed by atoms with Crippen LogP contribution >= 0.6 is 0 Å². The van der Waals surface area contributed by atoms with Gasteiger partial charge in [0.05, 0.1) is 0 Å². The largest absolute Gasteiger partial charge is 0.335 e. The zero-order chi connectivity index (χ0) is 14.3. The Morgan fingerprint density at radius 3 is 2.85 bits per heavy atom. The van der Waals surface area contributed by atoms with Gasteiger partial charge in [-0.15, -0.1) is 5.10 Å². The number of carbonyl (C=O) groups is 1. The molecule has 1 aromatic rings. The number of aromatic nitrogens is 3. The molecule has 1 aliphatic heterocycles. The highest BCUT2D eigenvalue weighted by molar-refractivity contribution is 5.90. The second-order valence-corrected chi connectivity index (χ2v) is 6.43. The lowest BCUT2D eigenvalue weighted by Crippen LogP contribution is -2.38. The average molecular weight is 277 g/mol. The lowest BCUT2D eigenvalue weighted by molar-refractivity contribution is 0.0771. The van der Waals surface area contributed by atoms with Gasteiger partial charge in [0.2, 0.25) is 5.82 Å². The van der Waals surface area contributed by atoms with Crippen LogP contribution < -0.4 is 5.73 Å². The van der Waals surface area contributed by atoms with Crippen molar-refractivity contribution in [3.05, 3.63) is 11.6 Å². The quantitative estimate of drug-likeness (QED) is 0.848. The van der Waals surface area contributed by atoms with Crippen LogP contribution in [0.5, 0.6) is 0 Å². The first-order chi connectivity index (χ1) is 9.56. The molecule has 1 aromatic heterocycles. The molecule has 2 aliphatic rings. The van der Waals surface area contributed by atoms with E-state index >= 15 is 0 Å². The fourth-order valence-electron chi connectivity index (χ4n) is 3.45. The molecule has 3 rings (SSSR count). The topological polar surface area (TPSA) is 87.9 Å². The molecule has 110 valence electrons. The van der Waals surface area contributed by atoms with Gasteiger partial charge in [-0.1, -0.05) is 20.3 Å². The Bertz CT molecular complexity index is 498. The van der Waals surface area contributed by atoms with Crippen LogP contribution in [0.4, 0.5) is 0 Å². The van der Waals surface area contributed by atoms with Crippen LogP contribution in [-0.4, -0.2) is 45.1 Å². The normalized spacial score (nSPS) is 29.8. The summed E-state index contributed by atoms with van der Waals surface area (Å²) in [6, 6.07) is 0.241. The van der Waals surface area contributed by atoms with E-state index in [1.54, 1.807) is 0 Å². The van der Waals surface area contributed by atoms with Crippen LogP contribution in [0.3, 0.4) is 0 Å². The molecule has 1 saturated carbocycles. The summed E-state index contributed by atoms with van der Waals surface area (Å²) in [5.41, 5.74) is 6.19. The number of nitrogens with zero attached hydrogens (tertiary/aromatic N) is 3. The van der Waals surface area contributed by atoms with Crippen molar-refractivity contribution in [3.63, 3.8) is 0 Å². The van der Waals surface area contributed by atoms with E-state index in [-0.39, 0.29) is 17.9 Å². The van der Waals surface area contributed by atoms with E-state index in [9.17, 15) is 4.79 Å². The van der Waals surface area contributed by atoms with Gasteiger partial charge >= 0.3 is 0 Å². The Morgan fingerprint density at radius 1 is 1.40 bits per heavy atom. The number of rotatable bonds is 2. The van der Waals surface area contributed by atoms with Crippen LogP contribution in [0, 0.1) is 11.8 Å². The molecule has 0 aromatic carbocycles. The van der Waals surface area contributed by atoms with Gasteiger partial charge < -0.3 is 10.6 Å². The number of nitrogens with two attached hydrogens (primary N) is 1. The SMILES string of the molecule is CC(C)c1nc(C(=O)N2CC3CCCC(N)C3C2)n[nH]1. The highest BCUT2D eigenvalue weighted by Crippen LogP contribution is 2.35. The van der Waals surface area contributed by atoms with Crippen LogP contribution in [-0.2, 0) is 0 Å². The van der Waals surface area contributed by atoms with Gasteiger partial charge in [0.25, 0.3) is 5.91 Å². The summed E-state index contributed by atoms with van der Waals surface area (Å²) in [5.74, 6) is 2.26. The number of nitrogens with one attached hydrogen (secondary N) is 1. The van der Waals surface area contributed by atoms with Crippen LogP contribution in [0.25, 0.3) is 0 Å². The summed E-state index contributed by atoms with van der Waals surface area (Å²) in [4.78, 5) is 18.7. The summed E-state index contributed by atoms with van der Waals surface area (Å²) >= 11 is 0.